The van der Waals surface area contributed by atoms with Gasteiger partial charge >= 0.3 is 0 Å². The van der Waals surface area contributed by atoms with Gasteiger partial charge < -0.3 is 14.5 Å². The quantitative estimate of drug-likeness (QED) is 0.781. The lowest BCUT2D eigenvalue weighted by Crippen LogP contribution is -2.36. The van der Waals surface area contributed by atoms with Crippen LogP contribution in [-0.4, -0.2) is 5.91 Å². The number of nitrogens with one attached hydrogen (secondary N) is 1. The Hall–Kier alpha value is -3.08. The molecule has 4 rings (SSSR count). The van der Waals surface area contributed by atoms with E-state index in [4.69, 9.17) is 9.15 Å². The Labute approximate surface area is 131 Å². The van der Waals surface area contributed by atoms with Crippen molar-refractivity contribution in [3.8, 4) is 17.1 Å². The van der Waals surface area contributed by atoms with Crippen LogP contribution in [0.2, 0.25) is 0 Å². The molecule has 2 heterocycles. The highest BCUT2D eigenvalue weighted by atomic mass is 19.1. The van der Waals surface area contributed by atoms with Gasteiger partial charge in [0.25, 0.3) is 5.91 Å². The molecule has 0 saturated heterocycles. The molecular weight excluding hydrogens is 297 g/mol. The number of ether oxygens (including phenoxy) is 1. The molecule has 114 valence electrons. The van der Waals surface area contributed by atoms with Crippen molar-refractivity contribution in [2.45, 2.75) is 6.23 Å². The maximum atomic E-state index is 13.0. The first-order chi connectivity index (χ1) is 11.2. The van der Waals surface area contributed by atoms with Gasteiger partial charge in [-0.2, -0.15) is 0 Å². The Morgan fingerprint density at radius 3 is 2.57 bits per heavy atom. The monoisotopic (exact) mass is 309 g/mol. The second-order valence-corrected chi connectivity index (χ2v) is 5.18. The van der Waals surface area contributed by atoms with Crippen molar-refractivity contribution in [3.05, 3.63) is 77.8 Å². The van der Waals surface area contributed by atoms with Gasteiger partial charge in [0.15, 0.2) is 5.76 Å². The highest BCUT2D eigenvalue weighted by Gasteiger charge is 2.28. The smallest absolute Gasteiger partial charge is 0.258 e. The van der Waals surface area contributed by atoms with Crippen LogP contribution in [0, 0.1) is 5.82 Å². The molecule has 0 bridgehead atoms. The summed E-state index contributed by atoms with van der Waals surface area (Å²) in [5, 5.41) is 2.75. The molecule has 4 nitrogen and oxygen atoms in total. The largest absolute Gasteiger partial charge is 0.462 e. The average Bonchev–Trinajstić information content (AvgIpc) is 3.05. The van der Waals surface area contributed by atoms with Crippen molar-refractivity contribution < 1.29 is 18.3 Å². The van der Waals surface area contributed by atoms with Crippen molar-refractivity contribution in [3.63, 3.8) is 0 Å². The fraction of sp³-hybridized carbons (Fsp3) is 0.0556. The molecule has 0 saturated carbocycles. The number of hydrogen-bond acceptors (Lipinski definition) is 3. The molecule has 3 aromatic rings. The molecule has 1 aromatic heterocycles. The number of hydrogen-bond donors (Lipinski definition) is 1. The van der Waals surface area contributed by atoms with E-state index in [9.17, 15) is 9.18 Å². The SMILES string of the molecule is O=C1NC(c2ccc(-c3ccc(F)cc3)o2)Oc2ccccc21. The van der Waals surface area contributed by atoms with E-state index in [-0.39, 0.29) is 11.7 Å². The number of furan rings is 1. The molecule has 23 heavy (non-hydrogen) atoms. The first-order valence-electron chi connectivity index (χ1n) is 7.13. The summed E-state index contributed by atoms with van der Waals surface area (Å²) in [6.45, 7) is 0. The van der Waals surface area contributed by atoms with Crippen molar-refractivity contribution in [2.75, 3.05) is 0 Å². The Morgan fingerprint density at radius 2 is 1.74 bits per heavy atom. The average molecular weight is 309 g/mol. The molecule has 1 N–H and O–H groups in total. The van der Waals surface area contributed by atoms with E-state index in [0.29, 0.717) is 22.8 Å². The molecule has 1 unspecified atom stereocenters. The van der Waals surface area contributed by atoms with Crippen LogP contribution in [0.1, 0.15) is 22.3 Å². The van der Waals surface area contributed by atoms with Crippen LogP contribution in [0.4, 0.5) is 4.39 Å². The second kappa shape index (κ2) is 5.28. The Kier molecular flexibility index (Phi) is 3.12. The molecule has 0 radical (unpaired) electrons. The number of carbonyl (C=O) groups excluding carboxylic acids is 1. The Morgan fingerprint density at radius 1 is 0.957 bits per heavy atom. The van der Waals surface area contributed by atoms with E-state index in [1.165, 1.54) is 12.1 Å². The third-order valence-electron chi connectivity index (χ3n) is 3.65. The van der Waals surface area contributed by atoms with E-state index in [1.807, 2.05) is 0 Å². The van der Waals surface area contributed by atoms with Gasteiger partial charge in [0.05, 0.1) is 5.56 Å². The Bertz CT molecular complexity index is 870. The summed E-state index contributed by atoms with van der Waals surface area (Å²) in [6.07, 6.45) is -0.688. The maximum absolute atomic E-state index is 13.0. The number of halogens is 1. The number of carbonyl (C=O) groups is 1. The second-order valence-electron chi connectivity index (χ2n) is 5.18. The summed E-state index contributed by atoms with van der Waals surface area (Å²) in [4.78, 5) is 12.1. The topological polar surface area (TPSA) is 51.5 Å². The lowest BCUT2D eigenvalue weighted by Gasteiger charge is -2.25. The minimum atomic E-state index is -0.688. The van der Waals surface area contributed by atoms with Crippen molar-refractivity contribution in [1.29, 1.82) is 0 Å². The lowest BCUT2D eigenvalue weighted by atomic mass is 10.1. The van der Waals surface area contributed by atoms with E-state index in [2.05, 4.69) is 5.32 Å². The van der Waals surface area contributed by atoms with Gasteiger partial charge in [-0.15, -0.1) is 0 Å². The third kappa shape index (κ3) is 2.46. The van der Waals surface area contributed by atoms with Crippen molar-refractivity contribution >= 4 is 5.91 Å². The van der Waals surface area contributed by atoms with E-state index in [1.54, 1.807) is 48.5 Å². The fourth-order valence-corrected chi connectivity index (χ4v) is 2.50. The van der Waals surface area contributed by atoms with Gasteiger partial charge in [-0.05, 0) is 48.5 Å². The van der Waals surface area contributed by atoms with E-state index in [0.717, 1.165) is 5.56 Å². The van der Waals surface area contributed by atoms with Gasteiger partial charge in [0.2, 0.25) is 6.23 Å². The highest BCUT2D eigenvalue weighted by molar-refractivity contribution is 5.97. The minimum absolute atomic E-state index is 0.211. The highest BCUT2D eigenvalue weighted by Crippen LogP contribution is 2.31. The number of rotatable bonds is 2. The maximum Gasteiger partial charge on any atom is 0.258 e. The van der Waals surface area contributed by atoms with Gasteiger partial charge in [-0.3, -0.25) is 4.79 Å². The predicted molar refractivity (Wildman–Crippen MR) is 81.4 cm³/mol. The number of para-hydroxylation sites is 1. The zero-order valence-electron chi connectivity index (χ0n) is 12.0. The molecule has 1 aliphatic heterocycles. The summed E-state index contributed by atoms with van der Waals surface area (Å²) in [5.41, 5.74) is 1.24. The summed E-state index contributed by atoms with van der Waals surface area (Å²) in [6, 6.07) is 16.5. The van der Waals surface area contributed by atoms with E-state index >= 15 is 0 Å². The molecule has 1 aliphatic rings. The standard InChI is InChI=1S/C18H12FNO3/c19-12-7-5-11(6-8-12)14-9-10-16(22-14)18-20-17(21)13-3-1-2-4-15(13)23-18/h1-10,18H,(H,20,21). The van der Waals surface area contributed by atoms with Gasteiger partial charge in [0, 0.05) is 5.56 Å². The predicted octanol–water partition coefficient (Wildman–Crippen LogP) is 3.91. The van der Waals surface area contributed by atoms with Crippen LogP contribution in [0.3, 0.4) is 0 Å². The van der Waals surface area contributed by atoms with Crippen LogP contribution < -0.4 is 10.1 Å². The minimum Gasteiger partial charge on any atom is -0.462 e. The normalized spacial score (nSPS) is 16.4. The van der Waals surface area contributed by atoms with Crippen LogP contribution >= 0.6 is 0 Å². The van der Waals surface area contributed by atoms with Gasteiger partial charge in [0.1, 0.15) is 17.3 Å². The molecule has 0 fully saturated rings. The van der Waals surface area contributed by atoms with Crippen LogP contribution in [0.25, 0.3) is 11.3 Å². The fourth-order valence-electron chi connectivity index (χ4n) is 2.50. The molecule has 1 amide bonds. The van der Waals surface area contributed by atoms with Crippen LogP contribution in [0.15, 0.2) is 65.1 Å². The van der Waals surface area contributed by atoms with Crippen molar-refractivity contribution in [1.82, 2.24) is 5.32 Å². The summed E-state index contributed by atoms with van der Waals surface area (Å²) >= 11 is 0. The number of benzene rings is 2. The summed E-state index contributed by atoms with van der Waals surface area (Å²) in [5.74, 6) is 1.06. The van der Waals surface area contributed by atoms with Crippen molar-refractivity contribution in [2.24, 2.45) is 0 Å². The zero-order valence-corrected chi connectivity index (χ0v) is 12.0. The third-order valence-corrected chi connectivity index (χ3v) is 3.65. The van der Waals surface area contributed by atoms with E-state index < -0.39 is 6.23 Å². The van der Waals surface area contributed by atoms with Gasteiger partial charge in [-0.1, -0.05) is 12.1 Å². The van der Waals surface area contributed by atoms with Crippen LogP contribution in [0.5, 0.6) is 5.75 Å². The molecule has 5 heteroatoms. The number of amides is 1. The molecule has 0 aliphatic carbocycles. The molecular formula is C18H12FNO3. The number of fused-ring (bicyclic) bond motifs is 1. The molecule has 2 aromatic carbocycles. The Balaban J connectivity index is 1.63. The summed E-state index contributed by atoms with van der Waals surface area (Å²) < 4.78 is 24.5. The lowest BCUT2D eigenvalue weighted by molar-refractivity contribution is 0.0709. The first-order valence-corrected chi connectivity index (χ1v) is 7.13. The zero-order chi connectivity index (χ0) is 15.8. The first kappa shape index (κ1) is 13.6. The summed E-state index contributed by atoms with van der Waals surface area (Å²) in [7, 11) is 0. The molecule has 0 spiro atoms. The van der Waals surface area contributed by atoms with Gasteiger partial charge in [-0.25, -0.2) is 4.39 Å². The van der Waals surface area contributed by atoms with Crippen LogP contribution in [-0.2, 0) is 0 Å². The molecule has 1 atom stereocenters.